The van der Waals surface area contributed by atoms with Crippen LogP contribution in [0.2, 0.25) is 0 Å². The Morgan fingerprint density at radius 3 is 2.25 bits per heavy atom. The Kier molecular flexibility index (Phi) is 5.72. The fourth-order valence-corrected chi connectivity index (χ4v) is 3.27. The van der Waals surface area contributed by atoms with Crippen molar-refractivity contribution in [3.05, 3.63) is 95.5 Å². The molecule has 1 aromatic heterocycles. The number of hydrogen-bond acceptors (Lipinski definition) is 5. The number of benzene rings is 3. The van der Waals surface area contributed by atoms with Gasteiger partial charge in [-0.2, -0.15) is 0 Å². The molecule has 0 radical (unpaired) electrons. The van der Waals surface area contributed by atoms with Gasteiger partial charge in [0.25, 0.3) is 11.8 Å². The Bertz CT molecular complexity index is 1360. The summed E-state index contributed by atoms with van der Waals surface area (Å²) in [6.45, 7) is 0. The molecular formula is C25H22N4O3. The van der Waals surface area contributed by atoms with Crippen LogP contribution < -0.4 is 21.6 Å². The van der Waals surface area contributed by atoms with Crippen molar-refractivity contribution in [1.29, 1.82) is 0 Å². The number of amides is 2. The molecule has 0 saturated carbocycles. The predicted molar refractivity (Wildman–Crippen MR) is 124 cm³/mol. The smallest absolute Gasteiger partial charge is 0.271 e. The van der Waals surface area contributed by atoms with E-state index in [9.17, 15) is 9.59 Å². The van der Waals surface area contributed by atoms with Crippen LogP contribution in [0.25, 0.3) is 22.1 Å². The Hall–Kier alpha value is -4.39. The molecule has 0 unspecified atom stereocenters. The molecule has 0 aliphatic rings. The zero-order chi connectivity index (χ0) is 22.7. The lowest BCUT2D eigenvalue weighted by atomic mass is 10.0. The summed E-state index contributed by atoms with van der Waals surface area (Å²) in [5.41, 5.74) is 11.9. The highest BCUT2D eigenvalue weighted by molar-refractivity contribution is 5.96. The van der Waals surface area contributed by atoms with Crippen LogP contribution >= 0.6 is 0 Å². The highest BCUT2D eigenvalue weighted by Crippen LogP contribution is 2.26. The highest BCUT2D eigenvalue weighted by atomic mass is 16.3. The van der Waals surface area contributed by atoms with Crippen molar-refractivity contribution in [2.75, 3.05) is 19.0 Å². The van der Waals surface area contributed by atoms with Gasteiger partial charge in [0.2, 0.25) is 5.55 Å². The lowest BCUT2D eigenvalue weighted by Crippen LogP contribution is -2.27. The number of nitrogens with two attached hydrogens (primary N) is 1. The number of rotatable bonds is 5. The Morgan fingerprint density at radius 1 is 0.906 bits per heavy atom. The summed E-state index contributed by atoms with van der Waals surface area (Å²) < 4.78 is 5.87. The Morgan fingerprint density at radius 2 is 1.59 bits per heavy atom. The molecule has 7 nitrogen and oxygen atoms in total. The summed E-state index contributed by atoms with van der Waals surface area (Å²) in [6.07, 6.45) is 0. The largest absolute Gasteiger partial charge is 0.436 e. The number of nitrogens with zero attached hydrogens (tertiary/aromatic N) is 2. The maximum atomic E-state index is 12.3. The first-order chi connectivity index (χ1) is 15.4. The van der Waals surface area contributed by atoms with Crippen LogP contribution in [0.15, 0.2) is 88.4 Å². The van der Waals surface area contributed by atoms with Gasteiger partial charge >= 0.3 is 0 Å². The second-order valence-corrected chi connectivity index (χ2v) is 7.44. The van der Waals surface area contributed by atoms with Crippen molar-refractivity contribution in [2.45, 2.75) is 0 Å². The lowest BCUT2D eigenvalue weighted by Gasteiger charge is -2.13. The first kappa shape index (κ1) is 20.9. The van der Waals surface area contributed by atoms with E-state index in [1.807, 2.05) is 67.5 Å². The van der Waals surface area contributed by atoms with Crippen molar-refractivity contribution in [3.8, 4) is 11.1 Å². The summed E-state index contributed by atoms with van der Waals surface area (Å²) in [5, 5.41) is 4.71. The molecule has 4 rings (SSSR count). The predicted octanol–water partition coefficient (Wildman–Crippen LogP) is 3.51. The van der Waals surface area contributed by atoms with E-state index in [4.69, 9.17) is 10.2 Å². The minimum Gasteiger partial charge on any atom is -0.436 e. The second kappa shape index (κ2) is 8.77. The first-order valence-electron chi connectivity index (χ1n) is 9.97. The van der Waals surface area contributed by atoms with Crippen LogP contribution in [0.3, 0.4) is 0 Å². The van der Waals surface area contributed by atoms with Crippen LogP contribution in [0, 0.1) is 0 Å². The fraction of sp³-hybridized carbons (Fsp3) is 0.0800. The number of primary amides is 1. The highest BCUT2D eigenvalue weighted by Gasteiger charge is 2.11. The molecule has 32 heavy (non-hydrogen) atoms. The van der Waals surface area contributed by atoms with Crippen LogP contribution in [0.4, 0.5) is 5.69 Å². The van der Waals surface area contributed by atoms with E-state index >= 15 is 0 Å². The van der Waals surface area contributed by atoms with Crippen LogP contribution in [0.1, 0.15) is 20.7 Å². The topological polar surface area (TPSA) is 101 Å². The number of fused-ring (bicyclic) bond motifs is 1. The van der Waals surface area contributed by atoms with Gasteiger partial charge in [-0.3, -0.25) is 9.59 Å². The fourth-order valence-electron chi connectivity index (χ4n) is 3.27. The zero-order valence-corrected chi connectivity index (χ0v) is 17.7. The van der Waals surface area contributed by atoms with Gasteiger partial charge < -0.3 is 15.1 Å². The van der Waals surface area contributed by atoms with Crippen molar-refractivity contribution in [1.82, 2.24) is 5.43 Å². The molecule has 0 atom stereocenters. The Labute approximate surface area is 184 Å². The third-order valence-electron chi connectivity index (χ3n) is 5.03. The minimum atomic E-state index is -0.702. The van der Waals surface area contributed by atoms with Crippen molar-refractivity contribution in [3.63, 3.8) is 0 Å². The van der Waals surface area contributed by atoms with Crippen molar-refractivity contribution >= 4 is 28.5 Å². The normalized spacial score (nSPS) is 11.4. The SMILES string of the molecule is CN(C)c1ccc(-c2ccc3cc(C(N)=O)c(=NNC(=O)c4ccccc4)oc3c2)cc1. The van der Waals surface area contributed by atoms with Gasteiger partial charge in [0.05, 0.1) is 0 Å². The van der Waals surface area contributed by atoms with Crippen molar-refractivity contribution < 1.29 is 14.0 Å². The van der Waals surface area contributed by atoms with E-state index in [2.05, 4.69) is 10.5 Å². The van der Waals surface area contributed by atoms with Gasteiger partial charge in [0, 0.05) is 30.7 Å². The summed E-state index contributed by atoms with van der Waals surface area (Å²) in [7, 11) is 3.98. The third-order valence-corrected chi connectivity index (χ3v) is 5.03. The van der Waals surface area contributed by atoms with Gasteiger partial charge in [-0.25, -0.2) is 5.43 Å². The molecule has 1 heterocycles. The quantitative estimate of drug-likeness (QED) is 0.477. The maximum Gasteiger partial charge on any atom is 0.271 e. The number of carbonyl (C=O) groups is 2. The summed E-state index contributed by atoms with van der Waals surface area (Å²) >= 11 is 0. The summed E-state index contributed by atoms with van der Waals surface area (Å²) in [6, 6.07) is 24.0. The molecular weight excluding hydrogens is 404 g/mol. The molecule has 3 N–H and O–H groups in total. The maximum absolute atomic E-state index is 12.3. The van der Waals surface area contributed by atoms with Crippen LogP contribution in [0.5, 0.6) is 0 Å². The molecule has 0 aliphatic carbocycles. The van der Waals surface area contributed by atoms with Crippen LogP contribution in [-0.2, 0) is 0 Å². The molecule has 7 heteroatoms. The average molecular weight is 426 g/mol. The van der Waals surface area contributed by atoms with E-state index < -0.39 is 11.8 Å². The third kappa shape index (κ3) is 4.37. The molecule has 160 valence electrons. The number of hydrogen-bond donors (Lipinski definition) is 2. The molecule has 3 aromatic carbocycles. The van der Waals surface area contributed by atoms with Gasteiger partial charge in [0.1, 0.15) is 11.1 Å². The average Bonchev–Trinajstić information content (AvgIpc) is 2.82. The molecule has 4 aromatic rings. The monoisotopic (exact) mass is 426 g/mol. The first-order valence-corrected chi connectivity index (χ1v) is 9.97. The molecule has 2 amide bonds. The molecule has 0 bridgehead atoms. The lowest BCUT2D eigenvalue weighted by molar-refractivity contribution is 0.0946. The summed E-state index contributed by atoms with van der Waals surface area (Å²) in [5.74, 6) is -1.13. The van der Waals surface area contributed by atoms with E-state index in [-0.39, 0.29) is 11.1 Å². The number of anilines is 1. The van der Waals surface area contributed by atoms with Gasteiger partial charge in [-0.15, -0.1) is 5.10 Å². The van der Waals surface area contributed by atoms with Crippen LogP contribution in [-0.4, -0.2) is 25.9 Å². The standard InChI is InChI=1S/C25H22N4O3/c1-29(2)20-12-10-16(11-13-20)18-8-9-19-14-21(23(26)30)25(32-22(19)15-18)28-27-24(31)17-6-4-3-5-7-17/h3-15H,1-2H3,(H2,26,30)(H,27,31). The number of carbonyl (C=O) groups excluding carboxylic acids is 2. The van der Waals surface area contributed by atoms with Gasteiger partial charge in [-0.05, 0) is 47.5 Å². The van der Waals surface area contributed by atoms with E-state index in [1.54, 1.807) is 30.3 Å². The molecule has 0 aliphatic heterocycles. The molecule has 0 saturated heterocycles. The molecule has 0 fully saturated rings. The molecule has 0 spiro atoms. The summed E-state index contributed by atoms with van der Waals surface area (Å²) in [4.78, 5) is 26.3. The van der Waals surface area contributed by atoms with Crippen molar-refractivity contribution in [2.24, 2.45) is 10.8 Å². The van der Waals surface area contributed by atoms with Gasteiger partial charge in [0.15, 0.2) is 0 Å². The van der Waals surface area contributed by atoms with E-state index in [0.717, 1.165) is 16.8 Å². The van der Waals surface area contributed by atoms with E-state index in [0.29, 0.717) is 16.5 Å². The zero-order valence-electron chi connectivity index (χ0n) is 17.7. The van der Waals surface area contributed by atoms with E-state index in [1.165, 1.54) is 0 Å². The minimum absolute atomic E-state index is 0.0608. The van der Waals surface area contributed by atoms with Gasteiger partial charge in [-0.1, -0.05) is 42.5 Å². The number of nitrogens with one attached hydrogen (secondary N) is 1. The Balaban J connectivity index is 1.74. The second-order valence-electron chi connectivity index (χ2n) is 7.44.